The average Bonchev–Trinajstić information content (AvgIpc) is 3.56. The van der Waals surface area contributed by atoms with Crippen LogP contribution in [0.2, 0.25) is 0 Å². The van der Waals surface area contributed by atoms with E-state index in [9.17, 15) is 19.2 Å². The van der Waals surface area contributed by atoms with Crippen LogP contribution in [-0.4, -0.2) is 36.7 Å². The Bertz CT molecular complexity index is 1160. The molecule has 0 aliphatic heterocycles. The van der Waals surface area contributed by atoms with Crippen LogP contribution in [0.5, 0.6) is 0 Å². The molecule has 3 aromatic rings. The molecular weight excluding hydrogens is 444 g/mol. The van der Waals surface area contributed by atoms with Gasteiger partial charge < -0.3 is 9.47 Å². The summed E-state index contributed by atoms with van der Waals surface area (Å²) in [6.45, 7) is 3.15. The SMILES string of the molecule is CCOC(=O)C1(C(=O)OCC)C(c2ccccc2)C1(C(=O)c1ccccc1)C(=O)c1ccccc1. The van der Waals surface area contributed by atoms with Crippen LogP contribution in [-0.2, 0) is 19.1 Å². The van der Waals surface area contributed by atoms with Crippen molar-refractivity contribution in [2.75, 3.05) is 13.2 Å². The Hall–Kier alpha value is -4.06. The van der Waals surface area contributed by atoms with E-state index in [2.05, 4.69) is 0 Å². The van der Waals surface area contributed by atoms with Crippen molar-refractivity contribution in [3.8, 4) is 0 Å². The third-order valence-corrected chi connectivity index (χ3v) is 6.52. The fourth-order valence-electron chi connectivity index (χ4n) is 5.11. The lowest BCUT2D eigenvalue weighted by atomic mass is 9.79. The molecule has 1 aliphatic rings. The molecule has 1 fully saturated rings. The highest BCUT2D eigenvalue weighted by Crippen LogP contribution is 2.77. The van der Waals surface area contributed by atoms with Crippen LogP contribution in [0.1, 0.15) is 46.0 Å². The monoisotopic (exact) mass is 470 g/mol. The normalized spacial score (nSPS) is 17.1. The van der Waals surface area contributed by atoms with Gasteiger partial charge in [0.25, 0.3) is 0 Å². The van der Waals surface area contributed by atoms with E-state index in [1.807, 2.05) is 0 Å². The summed E-state index contributed by atoms with van der Waals surface area (Å²) in [5.41, 5.74) is -3.31. The van der Waals surface area contributed by atoms with Crippen molar-refractivity contribution in [2.24, 2.45) is 10.8 Å². The van der Waals surface area contributed by atoms with Crippen molar-refractivity contribution >= 4 is 23.5 Å². The zero-order chi connectivity index (χ0) is 25.1. The summed E-state index contributed by atoms with van der Waals surface area (Å²) in [5.74, 6) is -4.24. The van der Waals surface area contributed by atoms with Crippen LogP contribution < -0.4 is 0 Å². The zero-order valence-corrected chi connectivity index (χ0v) is 19.6. The number of carbonyl (C=O) groups is 4. The van der Waals surface area contributed by atoms with Gasteiger partial charge in [-0.3, -0.25) is 19.2 Å². The number of esters is 2. The van der Waals surface area contributed by atoms with E-state index in [4.69, 9.17) is 9.47 Å². The standard InChI is InChI=1S/C29H26O6/c1-3-34-26(32)29(27(33)35-4-2)23(20-14-8-5-9-15-20)28(29,24(30)21-16-10-6-11-17-21)25(31)22-18-12-7-13-19-22/h5-19,23H,3-4H2,1-2H3. The zero-order valence-electron chi connectivity index (χ0n) is 19.6. The van der Waals surface area contributed by atoms with Gasteiger partial charge in [-0.2, -0.15) is 0 Å². The van der Waals surface area contributed by atoms with Gasteiger partial charge in [-0.1, -0.05) is 91.0 Å². The highest BCUT2D eigenvalue weighted by atomic mass is 16.6. The molecule has 0 N–H and O–H groups in total. The molecule has 1 unspecified atom stereocenters. The van der Waals surface area contributed by atoms with Crippen LogP contribution in [0.15, 0.2) is 91.0 Å². The van der Waals surface area contributed by atoms with Crippen molar-refractivity contribution in [1.82, 2.24) is 0 Å². The number of carbonyl (C=O) groups excluding carboxylic acids is 4. The predicted octanol–water partition coefficient (Wildman–Crippen LogP) is 4.65. The maximum atomic E-state index is 14.3. The van der Waals surface area contributed by atoms with E-state index in [0.29, 0.717) is 5.56 Å². The van der Waals surface area contributed by atoms with Crippen molar-refractivity contribution < 1.29 is 28.7 Å². The highest BCUT2D eigenvalue weighted by Gasteiger charge is 2.92. The van der Waals surface area contributed by atoms with Gasteiger partial charge in [0.2, 0.25) is 0 Å². The smallest absolute Gasteiger partial charge is 0.325 e. The van der Waals surface area contributed by atoms with Gasteiger partial charge in [-0.05, 0) is 19.4 Å². The van der Waals surface area contributed by atoms with E-state index >= 15 is 0 Å². The van der Waals surface area contributed by atoms with E-state index in [0.717, 1.165) is 0 Å². The number of ketones is 2. The van der Waals surface area contributed by atoms with Gasteiger partial charge in [0.05, 0.1) is 13.2 Å². The second-order valence-electron chi connectivity index (χ2n) is 8.29. The molecule has 1 aliphatic carbocycles. The molecule has 0 spiro atoms. The molecule has 0 aromatic heterocycles. The molecule has 6 heteroatoms. The van der Waals surface area contributed by atoms with Gasteiger partial charge in [-0.25, -0.2) is 0 Å². The molecule has 4 rings (SSSR count). The van der Waals surface area contributed by atoms with Crippen molar-refractivity contribution in [3.63, 3.8) is 0 Å². The average molecular weight is 471 g/mol. The molecule has 0 radical (unpaired) electrons. The fraction of sp³-hybridized carbons (Fsp3) is 0.241. The predicted molar refractivity (Wildman–Crippen MR) is 129 cm³/mol. The first-order valence-electron chi connectivity index (χ1n) is 11.6. The molecule has 0 heterocycles. The van der Waals surface area contributed by atoms with Crippen LogP contribution in [0.25, 0.3) is 0 Å². The Morgan fingerprint density at radius 3 is 1.34 bits per heavy atom. The van der Waals surface area contributed by atoms with Gasteiger partial charge >= 0.3 is 11.9 Å². The second-order valence-corrected chi connectivity index (χ2v) is 8.29. The van der Waals surface area contributed by atoms with E-state index < -0.39 is 40.3 Å². The second kappa shape index (κ2) is 9.66. The number of hydrogen-bond acceptors (Lipinski definition) is 6. The first-order valence-corrected chi connectivity index (χ1v) is 11.6. The van der Waals surface area contributed by atoms with Gasteiger partial charge in [0.15, 0.2) is 17.0 Å². The molecule has 0 saturated heterocycles. The van der Waals surface area contributed by atoms with Crippen molar-refractivity contribution in [1.29, 1.82) is 0 Å². The number of Topliss-reactive ketones (excluding diaryl/α,β-unsaturated/α-hetero) is 2. The maximum absolute atomic E-state index is 14.3. The largest absolute Gasteiger partial charge is 0.465 e. The van der Waals surface area contributed by atoms with E-state index in [-0.39, 0.29) is 24.3 Å². The van der Waals surface area contributed by atoms with Crippen LogP contribution in [0.4, 0.5) is 0 Å². The summed E-state index contributed by atoms with van der Waals surface area (Å²) in [4.78, 5) is 56.0. The number of rotatable bonds is 9. The van der Waals surface area contributed by atoms with Gasteiger partial charge in [0, 0.05) is 17.0 Å². The van der Waals surface area contributed by atoms with Crippen molar-refractivity contribution in [2.45, 2.75) is 19.8 Å². The van der Waals surface area contributed by atoms with Gasteiger partial charge in [-0.15, -0.1) is 0 Å². The first kappa shape index (κ1) is 24.1. The molecule has 0 bridgehead atoms. The Balaban J connectivity index is 2.07. The Morgan fingerprint density at radius 2 is 0.971 bits per heavy atom. The summed E-state index contributed by atoms with van der Waals surface area (Å²) < 4.78 is 10.7. The summed E-state index contributed by atoms with van der Waals surface area (Å²) >= 11 is 0. The molecule has 3 aromatic carbocycles. The van der Waals surface area contributed by atoms with E-state index in [1.165, 1.54) is 0 Å². The fourth-order valence-corrected chi connectivity index (χ4v) is 5.11. The van der Waals surface area contributed by atoms with Crippen LogP contribution in [0, 0.1) is 10.8 Å². The lowest BCUT2D eigenvalue weighted by molar-refractivity contribution is -0.165. The molecular formula is C29H26O6. The Labute approximate surface area is 203 Å². The van der Waals surface area contributed by atoms with Crippen molar-refractivity contribution in [3.05, 3.63) is 108 Å². The quantitative estimate of drug-likeness (QED) is 0.257. The third kappa shape index (κ3) is 3.57. The number of hydrogen-bond donors (Lipinski definition) is 0. The van der Waals surface area contributed by atoms with Gasteiger partial charge in [0.1, 0.15) is 5.41 Å². The highest BCUT2D eigenvalue weighted by molar-refractivity contribution is 6.32. The van der Waals surface area contributed by atoms with Crippen LogP contribution in [0.3, 0.4) is 0 Å². The number of ether oxygens (including phenoxy) is 2. The number of benzene rings is 3. The third-order valence-electron chi connectivity index (χ3n) is 6.52. The minimum Gasteiger partial charge on any atom is -0.465 e. The molecule has 1 atom stereocenters. The maximum Gasteiger partial charge on any atom is 0.325 e. The van der Waals surface area contributed by atoms with Crippen LogP contribution >= 0.6 is 0 Å². The lowest BCUT2D eigenvalue weighted by Crippen LogP contribution is -2.42. The molecule has 0 amide bonds. The van der Waals surface area contributed by atoms with E-state index in [1.54, 1.807) is 105 Å². The molecule has 178 valence electrons. The Kier molecular flexibility index (Phi) is 6.65. The summed E-state index contributed by atoms with van der Waals surface area (Å²) in [5, 5.41) is 0. The topological polar surface area (TPSA) is 86.7 Å². The lowest BCUT2D eigenvalue weighted by Gasteiger charge is -2.21. The first-order chi connectivity index (χ1) is 17.0. The molecule has 6 nitrogen and oxygen atoms in total. The Morgan fingerprint density at radius 1 is 0.600 bits per heavy atom. The summed E-state index contributed by atoms with van der Waals surface area (Å²) in [6, 6.07) is 25.1. The molecule has 1 saturated carbocycles. The minimum absolute atomic E-state index is 0.0311. The molecule has 35 heavy (non-hydrogen) atoms. The minimum atomic E-state index is -2.17. The summed E-state index contributed by atoms with van der Waals surface area (Å²) in [6.07, 6.45) is 0. The summed E-state index contributed by atoms with van der Waals surface area (Å²) in [7, 11) is 0.